The third kappa shape index (κ3) is 7.33. The van der Waals surface area contributed by atoms with E-state index in [1.165, 1.54) is 7.11 Å². The van der Waals surface area contributed by atoms with Crippen LogP contribution < -0.4 is 4.80 Å². The predicted molar refractivity (Wildman–Crippen MR) is 132 cm³/mol. The minimum Gasteiger partial charge on any atom is -0.465 e. The predicted octanol–water partition coefficient (Wildman–Crippen LogP) is 2.88. The van der Waals surface area contributed by atoms with Crippen LogP contribution in [-0.4, -0.2) is 50.3 Å². The zero-order valence-electron chi connectivity index (χ0n) is 19.4. The Morgan fingerprint density at radius 2 is 1.83 bits per heavy atom. The zero-order chi connectivity index (χ0) is 25.4. The fourth-order valence-electron chi connectivity index (χ4n) is 3.40. The highest BCUT2D eigenvalue weighted by atomic mass is 32.2. The van der Waals surface area contributed by atoms with Gasteiger partial charge in [0.05, 0.1) is 41.0 Å². The lowest BCUT2D eigenvalue weighted by Gasteiger charge is -2.06. The highest BCUT2D eigenvalue weighted by Gasteiger charge is 2.16. The molecule has 3 rings (SSSR count). The summed E-state index contributed by atoms with van der Waals surface area (Å²) in [4.78, 5) is 41.0. The molecule has 2 aromatic carbocycles. The van der Waals surface area contributed by atoms with Gasteiger partial charge in [-0.05, 0) is 37.1 Å². The van der Waals surface area contributed by atoms with Crippen molar-refractivity contribution in [3.63, 3.8) is 0 Å². The molecule has 1 heterocycles. The molecule has 0 bridgehead atoms. The number of sulfone groups is 1. The standard InChI is InChI=1S/C24H26N2O7S2/c1-3-33-22(28)15-26-19-12-11-18(23(29)32-2)14-20(19)34-24(26)25-21(27)10-7-13-35(30,31)16-17-8-5-4-6-9-17/h4-6,8-9,11-12,14H,3,7,10,13,15-16H2,1-2H3. The molecule has 0 aliphatic rings. The van der Waals surface area contributed by atoms with E-state index < -0.39 is 27.7 Å². The summed E-state index contributed by atoms with van der Waals surface area (Å²) in [5, 5.41) is 0. The number of amides is 1. The molecule has 0 spiro atoms. The molecule has 0 aliphatic heterocycles. The largest absolute Gasteiger partial charge is 0.465 e. The van der Waals surface area contributed by atoms with Gasteiger partial charge in [-0.1, -0.05) is 41.7 Å². The molecule has 3 aromatic rings. The normalized spacial score (nSPS) is 12.0. The maximum Gasteiger partial charge on any atom is 0.337 e. The van der Waals surface area contributed by atoms with Crippen molar-refractivity contribution in [1.82, 2.24) is 4.57 Å². The van der Waals surface area contributed by atoms with Crippen LogP contribution in [0.1, 0.15) is 35.7 Å². The first-order valence-electron chi connectivity index (χ1n) is 10.9. The number of carbonyl (C=O) groups is 3. The molecule has 0 aliphatic carbocycles. The van der Waals surface area contributed by atoms with Gasteiger partial charge in [-0.15, -0.1) is 0 Å². The number of ether oxygens (including phenoxy) is 2. The molecule has 0 N–H and O–H groups in total. The quantitative estimate of drug-likeness (QED) is 0.378. The molecule has 0 fully saturated rings. The summed E-state index contributed by atoms with van der Waals surface area (Å²) in [6, 6.07) is 13.7. The SMILES string of the molecule is CCOC(=O)Cn1c(=NC(=O)CCCS(=O)(=O)Cc2ccccc2)sc2cc(C(=O)OC)ccc21. The molecule has 35 heavy (non-hydrogen) atoms. The number of methoxy groups -OCH3 is 1. The highest BCUT2D eigenvalue weighted by Crippen LogP contribution is 2.20. The van der Waals surface area contributed by atoms with Crippen LogP contribution in [0.4, 0.5) is 0 Å². The van der Waals surface area contributed by atoms with Crippen LogP contribution in [0.25, 0.3) is 10.2 Å². The number of hydrogen-bond donors (Lipinski definition) is 0. The molecular formula is C24H26N2O7S2. The van der Waals surface area contributed by atoms with Crippen LogP contribution in [0.3, 0.4) is 0 Å². The number of fused-ring (bicyclic) bond motifs is 1. The first-order valence-corrected chi connectivity index (χ1v) is 13.6. The molecule has 11 heteroatoms. The molecule has 0 atom stereocenters. The van der Waals surface area contributed by atoms with Crippen molar-refractivity contribution in [3.05, 3.63) is 64.5 Å². The van der Waals surface area contributed by atoms with Crippen LogP contribution in [-0.2, 0) is 41.2 Å². The number of carbonyl (C=O) groups excluding carboxylic acids is 3. The average Bonchev–Trinajstić information content (AvgIpc) is 3.14. The summed E-state index contributed by atoms with van der Waals surface area (Å²) < 4.78 is 36.7. The van der Waals surface area contributed by atoms with Crippen molar-refractivity contribution in [1.29, 1.82) is 0 Å². The van der Waals surface area contributed by atoms with Crippen LogP contribution in [0.2, 0.25) is 0 Å². The van der Waals surface area contributed by atoms with Crippen molar-refractivity contribution < 1.29 is 32.3 Å². The molecular weight excluding hydrogens is 492 g/mol. The van der Waals surface area contributed by atoms with Crippen LogP contribution >= 0.6 is 11.3 Å². The smallest absolute Gasteiger partial charge is 0.337 e. The lowest BCUT2D eigenvalue weighted by atomic mass is 10.2. The Hall–Kier alpha value is -3.31. The molecule has 0 radical (unpaired) electrons. The molecule has 186 valence electrons. The van der Waals surface area contributed by atoms with Crippen LogP contribution in [0.15, 0.2) is 53.5 Å². The highest BCUT2D eigenvalue weighted by molar-refractivity contribution is 7.90. The third-order valence-electron chi connectivity index (χ3n) is 4.99. The Morgan fingerprint density at radius 1 is 1.09 bits per heavy atom. The summed E-state index contributed by atoms with van der Waals surface area (Å²) in [7, 11) is -2.09. The van der Waals surface area contributed by atoms with Gasteiger partial charge in [0.2, 0.25) is 5.91 Å². The van der Waals surface area contributed by atoms with Gasteiger partial charge < -0.3 is 14.0 Å². The number of thiazole rings is 1. The summed E-state index contributed by atoms with van der Waals surface area (Å²) in [5.41, 5.74) is 1.62. The van der Waals surface area contributed by atoms with Gasteiger partial charge >= 0.3 is 11.9 Å². The number of rotatable bonds is 10. The Balaban J connectivity index is 1.79. The second kappa shape index (κ2) is 11.9. The zero-order valence-corrected chi connectivity index (χ0v) is 21.1. The molecule has 1 aromatic heterocycles. The number of nitrogens with zero attached hydrogens (tertiary/aromatic N) is 2. The van der Waals surface area contributed by atoms with E-state index in [1.54, 1.807) is 54.0 Å². The van der Waals surface area contributed by atoms with E-state index in [0.717, 1.165) is 11.3 Å². The van der Waals surface area contributed by atoms with E-state index in [4.69, 9.17) is 9.47 Å². The van der Waals surface area contributed by atoms with Gasteiger partial charge in [-0.3, -0.25) is 9.59 Å². The Kier molecular flexibility index (Phi) is 8.94. The molecule has 0 saturated heterocycles. The fourth-order valence-corrected chi connectivity index (χ4v) is 5.91. The van der Waals surface area contributed by atoms with E-state index in [1.807, 2.05) is 6.07 Å². The van der Waals surface area contributed by atoms with E-state index >= 15 is 0 Å². The second-order valence-electron chi connectivity index (χ2n) is 7.64. The van der Waals surface area contributed by atoms with Crippen molar-refractivity contribution in [2.75, 3.05) is 19.5 Å². The lowest BCUT2D eigenvalue weighted by molar-refractivity contribution is -0.143. The maximum atomic E-state index is 12.6. The number of esters is 2. The third-order valence-corrected chi connectivity index (χ3v) is 7.72. The van der Waals surface area contributed by atoms with E-state index in [-0.39, 0.29) is 42.3 Å². The minimum absolute atomic E-state index is 0.0604. The van der Waals surface area contributed by atoms with Gasteiger partial charge in [-0.25, -0.2) is 13.2 Å². The monoisotopic (exact) mass is 518 g/mol. The Labute approximate surface area is 206 Å². The summed E-state index contributed by atoms with van der Waals surface area (Å²) >= 11 is 1.14. The van der Waals surface area contributed by atoms with Gasteiger partial charge in [0.1, 0.15) is 6.54 Å². The van der Waals surface area contributed by atoms with Gasteiger partial charge in [0, 0.05) is 6.42 Å². The summed E-state index contributed by atoms with van der Waals surface area (Å²) in [6.45, 7) is 1.73. The van der Waals surface area contributed by atoms with Crippen molar-refractivity contribution in [2.24, 2.45) is 4.99 Å². The van der Waals surface area contributed by atoms with E-state index in [9.17, 15) is 22.8 Å². The van der Waals surface area contributed by atoms with Crippen molar-refractivity contribution in [3.8, 4) is 0 Å². The molecule has 9 nitrogen and oxygen atoms in total. The van der Waals surface area contributed by atoms with Crippen molar-refractivity contribution in [2.45, 2.75) is 32.1 Å². The minimum atomic E-state index is -3.37. The number of aromatic nitrogens is 1. The topological polar surface area (TPSA) is 121 Å². The lowest BCUT2D eigenvalue weighted by Crippen LogP contribution is -2.23. The van der Waals surface area contributed by atoms with Gasteiger partial charge in [0.25, 0.3) is 0 Å². The summed E-state index contributed by atoms with van der Waals surface area (Å²) in [6.07, 6.45) is 0.0713. The Bertz CT molecular complexity index is 1390. The summed E-state index contributed by atoms with van der Waals surface area (Å²) in [5.74, 6) is -1.73. The van der Waals surface area contributed by atoms with E-state index in [0.29, 0.717) is 21.3 Å². The maximum absolute atomic E-state index is 12.6. The van der Waals surface area contributed by atoms with Crippen LogP contribution in [0.5, 0.6) is 0 Å². The average molecular weight is 519 g/mol. The van der Waals surface area contributed by atoms with E-state index in [2.05, 4.69) is 4.99 Å². The van der Waals surface area contributed by atoms with Gasteiger partial charge in [-0.2, -0.15) is 4.99 Å². The number of hydrogen-bond acceptors (Lipinski definition) is 8. The first kappa shape index (κ1) is 26.3. The van der Waals surface area contributed by atoms with Crippen LogP contribution in [0, 0.1) is 0 Å². The fraction of sp³-hybridized carbons (Fsp3) is 0.333. The van der Waals surface area contributed by atoms with Gasteiger partial charge in [0.15, 0.2) is 14.6 Å². The second-order valence-corrected chi connectivity index (χ2v) is 10.8. The first-order chi connectivity index (χ1) is 16.7. The number of benzene rings is 2. The Morgan fingerprint density at radius 3 is 2.51 bits per heavy atom. The van der Waals surface area contributed by atoms with Crippen molar-refractivity contribution >= 4 is 49.2 Å². The molecule has 1 amide bonds. The molecule has 0 unspecified atom stereocenters. The molecule has 0 saturated carbocycles.